The SMILES string of the molecule is CCc1cccc(OCCSc2nnc(-c3ccc(F)cc3)n2CC2CCCO2)c1. The molecule has 5 nitrogen and oxygen atoms in total. The minimum absolute atomic E-state index is 0.160. The Morgan fingerprint density at radius 3 is 2.83 bits per heavy atom. The van der Waals surface area contributed by atoms with E-state index in [1.165, 1.54) is 17.7 Å². The van der Waals surface area contributed by atoms with Crippen LogP contribution in [-0.2, 0) is 17.7 Å². The molecule has 3 aromatic rings. The average Bonchev–Trinajstić information content (AvgIpc) is 3.43. The van der Waals surface area contributed by atoms with Gasteiger partial charge in [-0.1, -0.05) is 30.8 Å². The molecular weight excluding hydrogens is 401 g/mol. The molecule has 2 aromatic carbocycles. The molecule has 1 fully saturated rings. The fraction of sp³-hybridized carbons (Fsp3) is 0.391. The molecule has 1 atom stereocenters. The Morgan fingerprint density at radius 2 is 2.07 bits per heavy atom. The van der Waals surface area contributed by atoms with Crippen molar-refractivity contribution in [3.63, 3.8) is 0 Å². The summed E-state index contributed by atoms with van der Waals surface area (Å²) < 4.78 is 27.2. The summed E-state index contributed by atoms with van der Waals surface area (Å²) in [6.45, 7) is 4.21. The van der Waals surface area contributed by atoms with Crippen LogP contribution in [0.2, 0.25) is 0 Å². The standard InChI is InChI=1S/C23H26FN3O2S/c1-2-17-5-3-6-20(15-17)29-13-14-30-23-26-25-22(18-8-10-19(24)11-9-18)27(23)16-21-7-4-12-28-21/h3,5-6,8-11,15,21H,2,4,7,12-14,16H2,1H3. The molecule has 0 amide bonds. The van der Waals surface area contributed by atoms with Crippen molar-refractivity contribution in [2.75, 3.05) is 19.0 Å². The smallest absolute Gasteiger partial charge is 0.191 e. The van der Waals surface area contributed by atoms with Crippen LogP contribution in [0.15, 0.2) is 53.7 Å². The molecule has 2 heterocycles. The van der Waals surface area contributed by atoms with Crippen molar-refractivity contribution in [1.82, 2.24) is 14.8 Å². The molecule has 30 heavy (non-hydrogen) atoms. The Balaban J connectivity index is 1.44. The van der Waals surface area contributed by atoms with E-state index >= 15 is 0 Å². The van der Waals surface area contributed by atoms with Gasteiger partial charge in [-0.05, 0) is 61.2 Å². The van der Waals surface area contributed by atoms with Crippen molar-refractivity contribution in [3.8, 4) is 17.1 Å². The monoisotopic (exact) mass is 427 g/mol. The molecular formula is C23H26FN3O2S. The Morgan fingerprint density at radius 1 is 1.20 bits per heavy atom. The molecule has 1 saturated heterocycles. The number of thioether (sulfide) groups is 1. The van der Waals surface area contributed by atoms with Crippen LogP contribution in [0.1, 0.15) is 25.3 Å². The number of benzene rings is 2. The predicted molar refractivity (Wildman–Crippen MR) is 116 cm³/mol. The van der Waals surface area contributed by atoms with E-state index in [2.05, 4.69) is 33.8 Å². The van der Waals surface area contributed by atoms with E-state index in [9.17, 15) is 4.39 Å². The van der Waals surface area contributed by atoms with Crippen molar-refractivity contribution < 1.29 is 13.9 Å². The number of nitrogens with zero attached hydrogens (tertiary/aromatic N) is 3. The Hall–Kier alpha value is -2.38. The van der Waals surface area contributed by atoms with Gasteiger partial charge in [0.2, 0.25) is 0 Å². The van der Waals surface area contributed by atoms with Crippen LogP contribution in [-0.4, -0.2) is 39.8 Å². The number of aromatic nitrogens is 3. The summed E-state index contributed by atoms with van der Waals surface area (Å²) in [6.07, 6.45) is 3.26. The highest BCUT2D eigenvalue weighted by Gasteiger charge is 2.21. The van der Waals surface area contributed by atoms with E-state index in [-0.39, 0.29) is 11.9 Å². The van der Waals surface area contributed by atoms with E-state index in [1.807, 2.05) is 12.1 Å². The first kappa shape index (κ1) is 20.9. The second-order valence-corrected chi connectivity index (χ2v) is 8.32. The molecule has 0 radical (unpaired) electrons. The summed E-state index contributed by atoms with van der Waals surface area (Å²) in [7, 11) is 0. The predicted octanol–water partition coefficient (Wildman–Crippen LogP) is 5.00. The van der Waals surface area contributed by atoms with Crippen LogP contribution in [0, 0.1) is 5.82 Å². The van der Waals surface area contributed by atoms with Gasteiger partial charge >= 0.3 is 0 Å². The Kier molecular flexibility index (Phi) is 7.02. The molecule has 1 aliphatic heterocycles. The highest BCUT2D eigenvalue weighted by atomic mass is 32.2. The Bertz CT molecular complexity index is 955. The van der Waals surface area contributed by atoms with Crippen molar-refractivity contribution >= 4 is 11.8 Å². The van der Waals surface area contributed by atoms with Crippen molar-refractivity contribution in [2.45, 2.75) is 44.0 Å². The van der Waals surface area contributed by atoms with E-state index in [0.717, 1.165) is 53.9 Å². The van der Waals surface area contributed by atoms with Crippen LogP contribution < -0.4 is 4.74 Å². The molecule has 0 bridgehead atoms. The van der Waals surface area contributed by atoms with Gasteiger partial charge in [0.15, 0.2) is 11.0 Å². The van der Waals surface area contributed by atoms with Crippen LogP contribution in [0.25, 0.3) is 11.4 Å². The number of rotatable bonds is 9. The largest absolute Gasteiger partial charge is 0.493 e. The highest BCUT2D eigenvalue weighted by molar-refractivity contribution is 7.99. The minimum atomic E-state index is -0.261. The summed E-state index contributed by atoms with van der Waals surface area (Å²) in [4.78, 5) is 0. The lowest BCUT2D eigenvalue weighted by Gasteiger charge is -2.15. The topological polar surface area (TPSA) is 49.2 Å². The Labute approximate surface area is 180 Å². The van der Waals surface area contributed by atoms with E-state index in [4.69, 9.17) is 9.47 Å². The molecule has 1 aromatic heterocycles. The molecule has 1 aliphatic rings. The quantitative estimate of drug-likeness (QED) is 0.355. The van der Waals surface area contributed by atoms with Crippen molar-refractivity contribution in [2.24, 2.45) is 0 Å². The van der Waals surface area contributed by atoms with E-state index in [0.29, 0.717) is 13.2 Å². The summed E-state index contributed by atoms with van der Waals surface area (Å²) in [6, 6.07) is 14.6. The first-order valence-electron chi connectivity index (χ1n) is 10.4. The molecule has 158 valence electrons. The van der Waals surface area contributed by atoms with Gasteiger partial charge in [-0.15, -0.1) is 10.2 Å². The molecule has 0 spiro atoms. The lowest BCUT2D eigenvalue weighted by Crippen LogP contribution is -2.17. The number of hydrogen-bond donors (Lipinski definition) is 0. The number of halogens is 1. The molecule has 7 heteroatoms. The molecule has 1 unspecified atom stereocenters. The first-order chi connectivity index (χ1) is 14.7. The average molecular weight is 428 g/mol. The zero-order valence-corrected chi connectivity index (χ0v) is 17.9. The maximum Gasteiger partial charge on any atom is 0.191 e. The fourth-order valence-corrected chi connectivity index (χ4v) is 4.28. The zero-order valence-electron chi connectivity index (χ0n) is 17.1. The summed E-state index contributed by atoms with van der Waals surface area (Å²) >= 11 is 1.61. The lowest BCUT2D eigenvalue weighted by molar-refractivity contribution is 0.0953. The third-order valence-electron chi connectivity index (χ3n) is 5.12. The third-order valence-corrected chi connectivity index (χ3v) is 6.05. The maximum atomic E-state index is 13.3. The summed E-state index contributed by atoms with van der Waals surface area (Å²) in [5.41, 5.74) is 2.11. The van der Waals surface area contributed by atoms with Gasteiger partial charge in [-0.3, -0.25) is 4.57 Å². The third kappa shape index (κ3) is 5.21. The van der Waals surface area contributed by atoms with Crippen LogP contribution in [0.4, 0.5) is 4.39 Å². The van der Waals surface area contributed by atoms with Crippen molar-refractivity contribution in [3.05, 3.63) is 59.9 Å². The van der Waals surface area contributed by atoms with Gasteiger partial charge in [0.25, 0.3) is 0 Å². The minimum Gasteiger partial charge on any atom is -0.493 e. The summed E-state index contributed by atoms with van der Waals surface area (Å²) in [5.74, 6) is 2.12. The zero-order chi connectivity index (χ0) is 20.8. The van der Waals surface area contributed by atoms with Gasteiger partial charge in [-0.25, -0.2) is 4.39 Å². The van der Waals surface area contributed by atoms with Crippen LogP contribution in [0.5, 0.6) is 5.75 Å². The number of hydrogen-bond acceptors (Lipinski definition) is 5. The van der Waals surface area contributed by atoms with Gasteiger partial charge in [-0.2, -0.15) is 0 Å². The van der Waals surface area contributed by atoms with Gasteiger partial charge in [0.05, 0.1) is 19.3 Å². The van der Waals surface area contributed by atoms with Gasteiger partial charge < -0.3 is 9.47 Å². The second kappa shape index (κ2) is 10.1. The first-order valence-corrected chi connectivity index (χ1v) is 11.4. The van der Waals surface area contributed by atoms with Crippen LogP contribution in [0.3, 0.4) is 0 Å². The number of aryl methyl sites for hydroxylation is 1. The van der Waals surface area contributed by atoms with E-state index < -0.39 is 0 Å². The highest BCUT2D eigenvalue weighted by Crippen LogP contribution is 2.27. The number of ether oxygens (including phenoxy) is 2. The normalized spacial score (nSPS) is 16.1. The summed E-state index contributed by atoms with van der Waals surface area (Å²) in [5, 5.41) is 9.62. The van der Waals surface area contributed by atoms with E-state index in [1.54, 1.807) is 23.9 Å². The molecule has 4 rings (SSSR count). The molecule has 0 aliphatic carbocycles. The second-order valence-electron chi connectivity index (χ2n) is 7.26. The molecule has 0 N–H and O–H groups in total. The maximum absolute atomic E-state index is 13.3. The molecule has 0 saturated carbocycles. The van der Waals surface area contributed by atoms with Gasteiger partial charge in [0.1, 0.15) is 11.6 Å². The lowest BCUT2D eigenvalue weighted by atomic mass is 10.2. The van der Waals surface area contributed by atoms with Gasteiger partial charge in [0, 0.05) is 17.9 Å². The van der Waals surface area contributed by atoms with Crippen molar-refractivity contribution in [1.29, 1.82) is 0 Å². The fourth-order valence-electron chi connectivity index (χ4n) is 3.51. The van der Waals surface area contributed by atoms with Crippen LogP contribution >= 0.6 is 11.8 Å².